The molecular formula is C10H16IN3. The molecule has 0 amide bonds. The van der Waals surface area contributed by atoms with Crippen LogP contribution in [0.4, 0.5) is 5.82 Å². The summed E-state index contributed by atoms with van der Waals surface area (Å²) < 4.78 is 1.08. The van der Waals surface area contributed by atoms with Crippen LogP contribution in [0.1, 0.15) is 26.7 Å². The molecule has 1 aromatic heterocycles. The Morgan fingerprint density at radius 3 is 2.93 bits per heavy atom. The van der Waals surface area contributed by atoms with E-state index in [2.05, 4.69) is 51.7 Å². The molecule has 0 bridgehead atoms. The number of hydrogen-bond acceptors (Lipinski definition) is 3. The molecule has 4 heteroatoms. The van der Waals surface area contributed by atoms with Crippen molar-refractivity contribution in [3.8, 4) is 0 Å². The van der Waals surface area contributed by atoms with Crippen LogP contribution in [0.2, 0.25) is 0 Å². The first-order chi connectivity index (χ1) is 6.70. The van der Waals surface area contributed by atoms with Gasteiger partial charge < -0.3 is 5.32 Å². The Bertz CT molecular complexity index is 276. The van der Waals surface area contributed by atoms with E-state index in [0.29, 0.717) is 0 Å². The summed E-state index contributed by atoms with van der Waals surface area (Å²) in [7, 11) is 0. The van der Waals surface area contributed by atoms with Gasteiger partial charge in [-0.3, -0.25) is 0 Å². The van der Waals surface area contributed by atoms with Crippen LogP contribution in [0.15, 0.2) is 12.5 Å². The van der Waals surface area contributed by atoms with Gasteiger partial charge in [-0.1, -0.05) is 13.8 Å². The van der Waals surface area contributed by atoms with Gasteiger partial charge in [-0.25, -0.2) is 9.97 Å². The maximum absolute atomic E-state index is 4.17. The van der Waals surface area contributed by atoms with Gasteiger partial charge in [-0.05, 0) is 41.4 Å². The van der Waals surface area contributed by atoms with E-state index >= 15 is 0 Å². The van der Waals surface area contributed by atoms with Crippen molar-refractivity contribution in [3.63, 3.8) is 0 Å². The zero-order chi connectivity index (χ0) is 10.4. The number of anilines is 1. The van der Waals surface area contributed by atoms with Gasteiger partial charge in [-0.2, -0.15) is 0 Å². The predicted octanol–water partition coefficient (Wildman–Crippen LogP) is 2.93. The minimum Gasteiger partial charge on any atom is -0.369 e. The average Bonchev–Trinajstić information content (AvgIpc) is 2.15. The maximum Gasteiger partial charge on any atom is 0.142 e. The first kappa shape index (κ1) is 11.7. The molecule has 1 rings (SSSR count). The van der Waals surface area contributed by atoms with E-state index in [1.54, 1.807) is 6.33 Å². The smallest absolute Gasteiger partial charge is 0.142 e. The van der Waals surface area contributed by atoms with E-state index in [-0.39, 0.29) is 0 Å². The Labute approximate surface area is 98.9 Å². The van der Waals surface area contributed by atoms with Crippen LogP contribution in [0.25, 0.3) is 0 Å². The summed E-state index contributed by atoms with van der Waals surface area (Å²) in [5, 5.41) is 3.31. The third-order valence-electron chi connectivity index (χ3n) is 1.92. The highest BCUT2D eigenvalue weighted by Gasteiger charge is 1.99. The molecule has 0 atom stereocenters. The Morgan fingerprint density at radius 1 is 1.50 bits per heavy atom. The second-order valence-electron chi connectivity index (χ2n) is 3.68. The van der Waals surface area contributed by atoms with E-state index in [9.17, 15) is 0 Å². The number of nitrogens with zero attached hydrogens (tertiary/aromatic N) is 2. The third-order valence-corrected chi connectivity index (χ3v) is 2.71. The maximum atomic E-state index is 4.17. The molecular weight excluding hydrogens is 289 g/mol. The van der Waals surface area contributed by atoms with E-state index in [0.717, 1.165) is 21.9 Å². The highest BCUT2D eigenvalue weighted by molar-refractivity contribution is 14.1. The lowest BCUT2D eigenvalue weighted by molar-refractivity contribution is 0.566. The monoisotopic (exact) mass is 305 g/mol. The summed E-state index contributed by atoms with van der Waals surface area (Å²) in [6.07, 6.45) is 5.84. The first-order valence-electron chi connectivity index (χ1n) is 4.89. The normalized spacial score (nSPS) is 10.6. The molecule has 0 aliphatic rings. The molecule has 0 spiro atoms. The molecule has 1 heterocycles. The number of nitrogens with one attached hydrogen (secondary N) is 1. The second kappa shape index (κ2) is 6.16. The van der Waals surface area contributed by atoms with Crippen LogP contribution in [0.5, 0.6) is 0 Å². The number of rotatable bonds is 5. The molecule has 3 nitrogen and oxygen atoms in total. The molecule has 0 aromatic carbocycles. The van der Waals surface area contributed by atoms with Gasteiger partial charge in [0.15, 0.2) is 0 Å². The number of aromatic nitrogens is 2. The van der Waals surface area contributed by atoms with Crippen molar-refractivity contribution in [2.45, 2.75) is 26.7 Å². The van der Waals surface area contributed by atoms with Crippen LogP contribution in [-0.2, 0) is 0 Å². The fourth-order valence-corrected chi connectivity index (χ4v) is 1.65. The summed E-state index contributed by atoms with van der Waals surface area (Å²) in [4.78, 5) is 8.11. The summed E-state index contributed by atoms with van der Waals surface area (Å²) in [6.45, 7) is 5.48. The lowest BCUT2D eigenvalue weighted by Crippen LogP contribution is -2.06. The van der Waals surface area contributed by atoms with E-state index in [4.69, 9.17) is 0 Å². The topological polar surface area (TPSA) is 37.8 Å². The lowest BCUT2D eigenvalue weighted by Gasteiger charge is -2.07. The zero-order valence-electron chi connectivity index (χ0n) is 8.63. The van der Waals surface area contributed by atoms with Crippen molar-refractivity contribution in [3.05, 3.63) is 16.1 Å². The minimum atomic E-state index is 0.779. The quantitative estimate of drug-likeness (QED) is 0.671. The molecule has 14 heavy (non-hydrogen) atoms. The van der Waals surface area contributed by atoms with Crippen LogP contribution < -0.4 is 5.32 Å². The Morgan fingerprint density at radius 2 is 2.29 bits per heavy atom. The van der Waals surface area contributed by atoms with Gasteiger partial charge >= 0.3 is 0 Å². The van der Waals surface area contributed by atoms with Crippen LogP contribution in [-0.4, -0.2) is 16.5 Å². The van der Waals surface area contributed by atoms with Crippen molar-refractivity contribution in [1.82, 2.24) is 9.97 Å². The zero-order valence-corrected chi connectivity index (χ0v) is 10.8. The van der Waals surface area contributed by atoms with Crippen molar-refractivity contribution in [1.29, 1.82) is 0 Å². The summed E-state index contributed by atoms with van der Waals surface area (Å²) in [6, 6.07) is 0. The van der Waals surface area contributed by atoms with Crippen LogP contribution >= 0.6 is 22.6 Å². The van der Waals surface area contributed by atoms with Crippen molar-refractivity contribution in [2.75, 3.05) is 11.9 Å². The third kappa shape index (κ3) is 4.21. The summed E-state index contributed by atoms with van der Waals surface area (Å²) >= 11 is 2.24. The van der Waals surface area contributed by atoms with Gasteiger partial charge in [0.1, 0.15) is 12.1 Å². The Balaban J connectivity index is 2.28. The van der Waals surface area contributed by atoms with E-state index < -0.39 is 0 Å². The molecule has 1 N–H and O–H groups in total. The predicted molar refractivity (Wildman–Crippen MR) is 67.3 cm³/mol. The van der Waals surface area contributed by atoms with Gasteiger partial charge in [0.25, 0.3) is 0 Å². The fraction of sp³-hybridized carbons (Fsp3) is 0.600. The Kier molecular flexibility index (Phi) is 5.14. The molecule has 0 saturated heterocycles. The van der Waals surface area contributed by atoms with Crippen LogP contribution in [0.3, 0.4) is 0 Å². The Hall–Kier alpha value is -0.390. The molecule has 0 saturated carbocycles. The molecule has 0 radical (unpaired) electrons. The minimum absolute atomic E-state index is 0.779. The highest BCUT2D eigenvalue weighted by atomic mass is 127. The summed E-state index contributed by atoms with van der Waals surface area (Å²) in [5.74, 6) is 1.73. The molecule has 0 unspecified atom stereocenters. The van der Waals surface area contributed by atoms with Gasteiger partial charge in [-0.15, -0.1) is 0 Å². The molecule has 0 aliphatic heterocycles. The van der Waals surface area contributed by atoms with Crippen molar-refractivity contribution in [2.24, 2.45) is 5.92 Å². The fourth-order valence-electron chi connectivity index (χ4n) is 1.16. The number of halogens is 1. The lowest BCUT2D eigenvalue weighted by atomic mass is 10.1. The molecule has 0 fully saturated rings. The molecule has 0 aliphatic carbocycles. The SMILES string of the molecule is CC(C)CCCNc1ncncc1I. The summed E-state index contributed by atoms with van der Waals surface area (Å²) in [5.41, 5.74) is 0. The average molecular weight is 305 g/mol. The largest absolute Gasteiger partial charge is 0.369 e. The standard InChI is InChI=1S/C10H16IN3/c1-8(2)4-3-5-13-10-9(11)6-12-7-14-10/h6-8H,3-5H2,1-2H3,(H,12,13,14). The van der Waals surface area contributed by atoms with Gasteiger partial charge in [0, 0.05) is 12.7 Å². The van der Waals surface area contributed by atoms with Crippen molar-refractivity contribution < 1.29 is 0 Å². The van der Waals surface area contributed by atoms with E-state index in [1.807, 2.05) is 6.20 Å². The van der Waals surface area contributed by atoms with Crippen LogP contribution in [0, 0.1) is 9.49 Å². The van der Waals surface area contributed by atoms with Gasteiger partial charge in [0.05, 0.1) is 3.57 Å². The van der Waals surface area contributed by atoms with Crippen molar-refractivity contribution >= 4 is 28.4 Å². The molecule has 1 aromatic rings. The first-order valence-corrected chi connectivity index (χ1v) is 5.97. The van der Waals surface area contributed by atoms with Gasteiger partial charge in [0.2, 0.25) is 0 Å². The van der Waals surface area contributed by atoms with E-state index in [1.165, 1.54) is 12.8 Å². The number of hydrogen-bond donors (Lipinski definition) is 1. The highest BCUT2D eigenvalue weighted by Crippen LogP contribution is 2.12. The second-order valence-corrected chi connectivity index (χ2v) is 4.84. The molecule has 78 valence electrons.